The number of rotatable bonds is 6. The highest BCUT2D eigenvalue weighted by Gasteiger charge is 2.06. The van der Waals surface area contributed by atoms with Gasteiger partial charge in [-0.1, -0.05) is 6.92 Å². The Balaban J connectivity index is 2.83. The summed E-state index contributed by atoms with van der Waals surface area (Å²) in [5.41, 5.74) is 7.17. The maximum atomic E-state index is 10.5. The Labute approximate surface area is 117 Å². The SMILES string of the molecule is CCCN=C(N)Nc1ccc(OC)c(CNC(=O)O)c1. The van der Waals surface area contributed by atoms with E-state index in [4.69, 9.17) is 15.6 Å². The lowest BCUT2D eigenvalue weighted by Crippen LogP contribution is -2.23. The molecule has 1 aromatic carbocycles. The Bertz CT molecular complexity index is 489. The third-order valence-corrected chi connectivity index (χ3v) is 2.49. The predicted molar refractivity (Wildman–Crippen MR) is 78.3 cm³/mol. The van der Waals surface area contributed by atoms with E-state index >= 15 is 0 Å². The normalized spacial score (nSPS) is 11.0. The number of methoxy groups -OCH3 is 1. The number of hydrogen-bond acceptors (Lipinski definition) is 3. The molecule has 7 heteroatoms. The molecule has 20 heavy (non-hydrogen) atoms. The summed E-state index contributed by atoms with van der Waals surface area (Å²) in [6.07, 6.45) is -0.173. The number of guanidine groups is 1. The second-order valence-corrected chi connectivity index (χ2v) is 4.08. The van der Waals surface area contributed by atoms with E-state index in [-0.39, 0.29) is 6.54 Å². The molecule has 110 valence electrons. The first-order chi connectivity index (χ1) is 9.56. The number of aliphatic imine (C=N–C) groups is 1. The van der Waals surface area contributed by atoms with Crippen molar-refractivity contribution < 1.29 is 14.6 Å². The summed E-state index contributed by atoms with van der Waals surface area (Å²) < 4.78 is 5.18. The highest BCUT2D eigenvalue weighted by Crippen LogP contribution is 2.22. The molecule has 0 unspecified atom stereocenters. The monoisotopic (exact) mass is 280 g/mol. The Morgan fingerprint density at radius 2 is 2.25 bits per heavy atom. The van der Waals surface area contributed by atoms with Gasteiger partial charge in [0.2, 0.25) is 0 Å². The molecule has 0 radical (unpaired) electrons. The Kier molecular flexibility index (Phi) is 6.15. The highest BCUT2D eigenvalue weighted by atomic mass is 16.5. The molecule has 0 heterocycles. The first kappa shape index (κ1) is 15.6. The minimum absolute atomic E-state index is 0.153. The van der Waals surface area contributed by atoms with Gasteiger partial charge in [-0.3, -0.25) is 4.99 Å². The first-order valence-electron chi connectivity index (χ1n) is 6.27. The fourth-order valence-corrected chi connectivity index (χ4v) is 1.58. The van der Waals surface area contributed by atoms with Crippen LogP contribution in [0.25, 0.3) is 0 Å². The zero-order valence-corrected chi connectivity index (χ0v) is 11.6. The van der Waals surface area contributed by atoms with Crippen LogP contribution < -0.4 is 21.1 Å². The number of amides is 1. The number of nitrogens with one attached hydrogen (secondary N) is 2. The van der Waals surface area contributed by atoms with Crippen molar-refractivity contribution in [2.45, 2.75) is 19.9 Å². The van der Waals surface area contributed by atoms with Crippen molar-refractivity contribution >= 4 is 17.7 Å². The van der Waals surface area contributed by atoms with E-state index in [9.17, 15) is 4.79 Å². The van der Waals surface area contributed by atoms with Crippen LogP contribution in [0.3, 0.4) is 0 Å². The van der Waals surface area contributed by atoms with Gasteiger partial charge in [0.25, 0.3) is 0 Å². The van der Waals surface area contributed by atoms with E-state index in [1.165, 1.54) is 7.11 Å². The van der Waals surface area contributed by atoms with E-state index < -0.39 is 6.09 Å². The molecule has 0 spiro atoms. The quantitative estimate of drug-likeness (QED) is 0.467. The van der Waals surface area contributed by atoms with Crippen molar-refractivity contribution in [3.63, 3.8) is 0 Å². The summed E-state index contributed by atoms with van der Waals surface area (Å²) in [7, 11) is 1.53. The van der Waals surface area contributed by atoms with Crippen molar-refractivity contribution in [2.75, 3.05) is 19.0 Å². The van der Waals surface area contributed by atoms with Crippen LogP contribution in [0.4, 0.5) is 10.5 Å². The minimum atomic E-state index is -1.09. The van der Waals surface area contributed by atoms with E-state index in [1.54, 1.807) is 18.2 Å². The fraction of sp³-hybridized carbons (Fsp3) is 0.385. The highest BCUT2D eigenvalue weighted by molar-refractivity contribution is 5.92. The molecule has 0 aliphatic rings. The molecule has 0 fully saturated rings. The lowest BCUT2D eigenvalue weighted by Gasteiger charge is -2.12. The van der Waals surface area contributed by atoms with Gasteiger partial charge in [-0.2, -0.15) is 0 Å². The number of hydrogen-bond donors (Lipinski definition) is 4. The molecule has 1 amide bonds. The zero-order chi connectivity index (χ0) is 15.0. The molecule has 0 bridgehead atoms. The number of benzene rings is 1. The number of nitrogens with two attached hydrogens (primary N) is 1. The van der Waals surface area contributed by atoms with E-state index in [2.05, 4.69) is 15.6 Å². The van der Waals surface area contributed by atoms with Crippen LogP contribution in [-0.4, -0.2) is 30.8 Å². The van der Waals surface area contributed by atoms with Crippen molar-refractivity contribution in [3.8, 4) is 5.75 Å². The molecule has 0 saturated heterocycles. The molecule has 0 aliphatic heterocycles. The van der Waals surface area contributed by atoms with Crippen molar-refractivity contribution in [2.24, 2.45) is 10.7 Å². The largest absolute Gasteiger partial charge is 0.496 e. The summed E-state index contributed by atoms with van der Waals surface area (Å²) in [6.45, 7) is 2.82. The summed E-state index contributed by atoms with van der Waals surface area (Å²) in [6, 6.07) is 5.30. The Hall–Kier alpha value is -2.44. The van der Waals surface area contributed by atoms with Gasteiger partial charge in [0.05, 0.1) is 7.11 Å². The third-order valence-electron chi connectivity index (χ3n) is 2.49. The summed E-state index contributed by atoms with van der Waals surface area (Å²) in [5, 5.41) is 13.9. The summed E-state index contributed by atoms with van der Waals surface area (Å²) in [5.74, 6) is 0.933. The van der Waals surface area contributed by atoms with Gasteiger partial charge in [0.15, 0.2) is 5.96 Å². The van der Waals surface area contributed by atoms with Crippen molar-refractivity contribution in [1.29, 1.82) is 0 Å². The van der Waals surface area contributed by atoms with Crippen LogP contribution in [0.15, 0.2) is 23.2 Å². The number of carboxylic acid groups (broad SMARTS) is 1. The second-order valence-electron chi connectivity index (χ2n) is 4.08. The number of ether oxygens (including phenoxy) is 1. The van der Waals surface area contributed by atoms with Crippen LogP contribution in [-0.2, 0) is 6.54 Å². The van der Waals surface area contributed by atoms with Gasteiger partial charge in [-0.15, -0.1) is 0 Å². The standard InChI is InChI=1S/C13H20N4O3/c1-3-6-15-12(14)17-10-4-5-11(20-2)9(7-10)8-16-13(18)19/h4-5,7,16H,3,6,8H2,1-2H3,(H,18,19)(H3,14,15,17). The first-order valence-corrected chi connectivity index (χ1v) is 6.27. The maximum Gasteiger partial charge on any atom is 0.404 e. The molecule has 0 aliphatic carbocycles. The van der Waals surface area contributed by atoms with Gasteiger partial charge in [0.1, 0.15) is 5.75 Å². The van der Waals surface area contributed by atoms with Crippen LogP contribution in [0.1, 0.15) is 18.9 Å². The predicted octanol–water partition coefficient (Wildman–Crippen LogP) is 1.60. The van der Waals surface area contributed by atoms with Gasteiger partial charge in [-0.25, -0.2) is 4.79 Å². The lowest BCUT2D eigenvalue weighted by atomic mass is 10.1. The van der Waals surface area contributed by atoms with Gasteiger partial charge in [0, 0.05) is 24.3 Å². The molecule has 7 nitrogen and oxygen atoms in total. The maximum absolute atomic E-state index is 10.5. The third kappa shape index (κ3) is 5.05. The topological polar surface area (TPSA) is 109 Å². The van der Waals surface area contributed by atoms with Crippen molar-refractivity contribution in [3.05, 3.63) is 23.8 Å². The average molecular weight is 280 g/mol. The summed E-state index contributed by atoms with van der Waals surface area (Å²) in [4.78, 5) is 14.7. The molecule has 1 rings (SSSR count). The Morgan fingerprint density at radius 3 is 2.85 bits per heavy atom. The van der Waals surface area contributed by atoms with Gasteiger partial charge in [-0.05, 0) is 24.6 Å². The average Bonchev–Trinajstić information content (AvgIpc) is 2.43. The van der Waals surface area contributed by atoms with Crippen molar-refractivity contribution in [1.82, 2.24) is 5.32 Å². The van der Waals surface area contributed by atoms with Crippen LogP contribution in [0, 0.1) is 0 Å². The van der Waals surface area contributed by atoms with E-state index in [0.29, 0.717) is 23.8 Å². The lowest BCUT2D eigenvalue weighted by molar-refractivity contribution is 0.194. The molecule has 0 saturated carbocycles. The number of nitrogens with zero attached hydrogens (tertiary/aromatic N) is 1. The molecular formula is C13H20N4O3. The van der Waals surface area contributed by atoms with E-state index in [1.807, 2.05) is 6.92 Å². The smallest absolute Gasteiger partial charge is 0.404 e. The summed E-state index contributed by atoms with van der Waals surface area (Å²) >= 11 is 0. The number of carbonyl (C=O) groups is 1. The zero-order valence-electron chi connectivity index (χ0n) is 11.6. The fourth-order valence-electron chi connectivity index (χ4n) is 1.58. The molecule has 0 aromatic heterocycles. The van der Waals surface area contributed by atoms with Crippen LogP contribution in [0.5, 0.6) is 5.75 Å². The number of anilines is 1. The van der Waals surface area contributed by atoms with E-state index in [0.717, 1.165) is 12.1 Å². The minimum Gasteiger partial charge on any atom is -0.496 e. The second kappa shape index (κ2) is 7.88. The molecule has 1 aromatic rings. The van der Waals surface area contributed by atoms with Crippen LogP contribution in [0.2, 0.25) is 0 Å². The molecular weight excluding hydrogens is 260 g/mol. The van der Waals surface area contributed by atoms with Crippen LogP contribution >= 0.6 is 0 Å². The Morgan fingerprint density at radius 1 is 1.50 bits per heavy atom. The van der Waals surface area contributed by atoms with Gasteiger partial charge < -0.3 is 26.2 Å². The molecule has 5 N–H and O–H groups in total. The molecule has 0 atom stereocenters. The van der Waals surface area contributed by atoms with Gasteiger partial charge >= 0.3 is 6.09 Å².